The van der Waals surface area contributed by atoms with E-state index in [1.165, 1.54) is 0 Å². The first-order chi connectivity index (χ1) is 8.03. The summed E-state index contributed by atoms with van der Waals surface area (Å²) >= 11 is 0. The minimum Gasteiger partial charge on any atom is -0.315 e. The van der Waals surface area contributed by atoms with E-state index < -0.39 is 15.9 Å². The standard InChI is InChI=1S/C10H21N3O3S/c1-2-8-17(15,16)12-10(14)9-13-6-3-4-11-5-7-13/h11H,2-9H2,1H3,(H,12,14). The van der Waals surface area contributed by atoms with Gasteiger partial charge in [-0.05, 0) is 25.9 Å². The molecule has 1 aliphatic rings. The van der Waals surface area contributed by atoms with Gasteiger partial charge in [0, 0.05) is 13.1 Å². The van der Waals surface area contributed by atoms with Gasteiger partial charge in [0.25, 0.3) is 0 Å². The number of nitrogens with zero attached hydrogens (tertiary/aromatic N) is 1. The van der Waals surface area contributed by atoms with Crippen LogP contribution in [0.25, 0.3) is 0 Å². The Balaban J connectivity index is 2.38. The molecule has 1 saturated heterocycles. The highest BCUT2D eigenvalue weighted by atomic mass is 32.2. The van der Waals surface area contributed by atoms with E-state index in [4.69, 9.17) is 0 Å². The van der Waals surface area contributed by atoms with Crippen LogP contribution < -0.4 is 10.0 Å². The van der Waals surface area contributed by atoms with Crippen molar-refractivity contribution < 1.29 is 13.2 Å². The normalized spacial score (nSPS) is 18.6. The van der Waals surface area contributed by atoms with Gasteiger partial charge in [-0.15, -0.1) is 0 Å². The van der Waals surface area contributed by atoms with Crippen molar-refractivity contribution in [2.24, 2.45) is 0 Å². The predicted molar refractivity (Wildman–Crippen MR) is 66.1 cm³/mol. The third kappa shape index (κ3) is 5.99. The zero-order chi connectivity index (χ0) is 12.7. The number of rotatable bonds is 5. The van der Waals surface area contributed by atoms with E-state index in [2.05, 4.69) is 10.0 Å². The Morgan fingerprint density at radius 1 is 1.35 bits per heavy atom. The fourth-order valence-electron chi connectivity index (χ4n) is 1.79. The summed E-state index contributed by atoms with van der Waals surface area (Å²) in [5, 5.41) is 3.23. The van der Waals surface area contributed by atoms with Crippen LogP contribution >= 0.6 is 0 Å². The van der Waals surface area contributed by atoms with Gasteiger partial charge in [-0.3, -0.25) is 14.4 Å². The van der Waals surface area contributed by atoms with Crippen LogP contribution in [-0.2, 0) is 14.8 Å². The molecule has 0 atom stereocenters. The highest BCUT2D eigenvalue weighted by molar-refractivity contribution is 7.90. The molecule has 2 N–H and O–H groups in total. The van der Waals surface area contributed by atoms with Crippen molar-refractivity contribution >= 4 is 15.9 Å². The van der Waals surface area contributed by atoms with Gasteiger partial charge in [0.2, 0.25) is 15.9 Å². The summed E-state index contributed by atoms with van der Waals surface area (Å²) < 4.78 is 24.9. The van der Waals surface area contributed by atoms with Crippen LogP contribution in [-0.4, -0.2) is 57.7 Å². The van der Waals surface area contributed by atoms with Crippen molar-refractivity contribution in [1.29, 1.82) is 0 Å². The van der Waals surface area contributed by atoms with Crippen LogP contribution in [0.5, 0.6) is 0 Å². The summed E-state index contributed by atoms with van der Waals surface area (Å²) in [6, 6.07) is 0. The average Bonchev–Trinajstić information content (AvgIpc) is 2.44. The molecule has 1 fully saturated rings. The number of carbonyl (C=O) groups is 1. The summed E-state index contributed by atoms with van der Waals surface area (Å²) in [5.74, 6) is -0.430. The van der Waals surface area contributed by atoms with Crippen LogP contribution in [0.3, 0.4) is 0 Å². The monoisotopic (exact) mass is 263 g/mol. The van der Waals surface area contributed by atoms with E-state index in [9.17, 15) is 13.2 Å². The van der Waals surface area contributed by atoms with Crippen molar-refractivity contribution in [1.82, 2.24) is 14.9 Å². The maximum atomic E-state index is 11.6. The topological polar surface area (TPSA) is 78.5 Å². The summed E-state index contributed by atoms with van der Waals surface area (Å²) in [6.45, 7) is 5.32. The first-order valence-corrected chi connectivity index (χ1v) is 7.65. The van der Waals surface area contributed by atoms with Crippen LogP contribution in [0.4, 0.5) is 0 Å². The molecule has 1 rings (SSSR count). The van der Waals surface area contributed by atoms with Crippen molar-refractivity contribution in [2.75, 3.05) is 38.5 Å². The van der Waals surface area contributed by atoms with E-state index in [1.807, 2.05) is 4.90 Å². The summed E-state index contributed by atoms with van der Waals surface area (Å²) in [7, 11) is -3.43. The van der Waals surface area contributed by atoms with Gasteiger partial charge >= 0.3 is 0 Å². The third-order valence-corrected chi connectivity index (χ3v) is 4.03. The van der Waals surface area contributed by atoms with Gasteiger partial charge in [-0.2, -0.15) is 0 Å². The Labute approximate surface area is 103 Å². The number of sulfonamides is 1. The van der Waals surface area contributed by atoms with E-state index in [0.717, 1.165) is 32.6 Å². The minimum atomic E-state index is -3.43. The molecular weight excluding hydrogens is 242 g/mol. The Morgan fingerprint density at radius 2 is 2.12 bits per heavy atom. The Hall–Kier alpha value is -0.660. The molecule has 100 valence electrons. The molecule has 0 aromatic rings. The highest BCUT2D eigenvalue weighted by Crippen LogP contribution is 1.95. The molecule has 0 aromatic heterocycles. The lowest BCUT2D eigenvalue weighted by molar-refractivity contribution is -0.120. The van der Waals surface area contributed by atoms with Crippen LogP contribution in [0.2, 0.25) is 0 Å². The van der Waals surface area contributed by atoms with E-state index >= 15 is 0 Å². The molecule has 0 unspecified atom stereocenters. The largest absolute Gasteiger partial charge is 0.315 e. The van der Waals surface area contributed by atoms with E-state index in [1.54, 1.807) is 6.92 Å². The second kappa shape index (κ2) is 6.93. The van der Waals surface area contributed by atoms with E-state index in [-0.39, 0.29) is 12.3 Å². The molecule has 0 spiro atoms. The molecule has 0 radical (unpaired) electrons. The molecule has 6 nitrogen and oxygen atoms in total. The number of nitrogens with one attached hydrogen (secondary N) is 2. The van der Waals surface area contributed by atoms with Crippen LogP contribution in [0.15, 0.2) is 0 Å². The highest BCUT2D eigenvalue weighted by Gasteiger charge is 2.17. The fraction of sp³-hybridized carbons (Fsp3) is 0.900. The van der Waals surface area contributed by atoms with Crippen LogP contribution in [0, 0.1) is 0 Å². The number of amides is 1. The predicted octanol–water partition coefficient (Wildman–Crippen LogP) is -0.862. The second-order valence-electron chi connectivity index (χ2n) is 4.22. The zero-order valence-corrected chi connectivity index (χ0v) is 11.1. The third-order valence-electron chi connectivity index (χ3n) is 2.54. The summed E-state index contributed by atoms with van der Waals surface area (Å²) in [4.78, 5) is 13.5. The molecule has 0 aliphatic carbocycles. The lowest BCUT2D eigenvalue weighted by Crippen LogP contribution is -2.41. The molecular formula is C10H21N3O3S. The second-order valence-corrected chi connectivity index (χ2v) is 6.07. The van der Waals surface area contributed by atoms with E-state index in [0.29, 0.717) is 6.42 Å². The van der Waals surface area contributed by atoms with Gasteiger partial charge in [-0.25, -0.2) is 8.42 Å². The minimum absolute atomic E-state index is 0.000293. The van der Waals surface area contributed by atoms with Crippen molar-refractivity contribution in [3.63, 3.8) is 0 Å². The Morgan fingerprint density at radius 3 is 2.82 bits per heavy atom. The van der Waals surface area contributed by atoms with Crippen LogP contribution in [0.1, 0.15) is 19.8 Å². The number of hydrogen-bond acceptors (Lipinski definition) is 5. The van der Waals surface area contributed by atoms with Gasteiger partial charge in [0.15, 0.2) is 0 Å². The van der Waals surface area contributed by atoms with Crippen molar-refractivity contribution in [3.8, 4) is 0 Å². The molecule has 0 bridgehead atoms. The molecule has 0 aromatic carbocycles. The fourth-order valence-corrected chi connectivity index (χ4v) is 2.84. The summed E-state index contributed by atoms with van der Waals surface area (Å²) in [6.07, 6.45) is 1.49. The lowest BCUT2D eigenvalue weighted by Gasteiger charge is -2.18. The molecule has 7 heteroatoms. The van der Waals surface area contributed by atoms with Gasteiger partial charge < -0.3 is 5.32 Å². The smallest absolute Gasteiger partial charge is 0.247 e. The molecule has 1 aliphatic heterocycles. The zero-order valence-electron chi connectivity index (χ0n) is 10.2. The average molecular weight is 263 g/mol. The molecule has 1 heterocycles. The first-order valence-electron chi connectivity index (χ1n) is 6.00. The lowest BCUT2D eigenvalue weighted by atomic mass is 10.4. The SMILES string of the molecule is CCCS(=O)(=O)NC(=O)CN1CCCNCC1. The quantitative estimate of drug-likeness (QED) is 0.675. The van der Waals surface area contributed by atoms with Crippen molar-refractivity contribution in [3.05, 3.63) is 0 Å². The number of carbonyl (C=O) groups excluding carboxylic acids is 1. The van der Waals surface area contributed by atoms with Crippen molar-refractivity contribution in [2.45, 2.75) is 19.8 Å². The maximum absolute atomic E-state index is 11.6. The van der Waals surface area contributed by atoms with Gasteiger partial charge in [0.1, 0.15) is 0 Å². The summed E-state index contributed by atoms with van der Waals surface area (Å²) in [5.41, 5.74) is 0. The number of hydrogen-bond donors (Lipinski definition) is 2. The van der Waals surface area contributed by atoms with Gasteiger partial charge in [-0.1, -0.05) is 6.92 Å². The molecule has 17 heavy (non-hydrogen) atoms. The Bertz CT molecular complexity index is 335. The first kappa shape index (κ1) is 14.4. The Kier molecular flexibility index (Phi) is 5.87. The molecule has 1 amide bonds. The van der Waals surface area contributed by atoms with Gasteiger partial charge in [0.05, 0.1) is 12.3 Å². The maximum Gasteiger partial charge on any atom is 0.247 e. The molecule has 0 saturated carbocycles.